The second-order valence-corrected chi connectivity index (χ2v) is 7.63. The highest BCUT2D eigenvalue weighted by Crippen LogP contribution is 2.32. The van der Waals surface area contributed by atoms with E-state index in [0.717, 1.165) is 0 Å². The van der Waals surface area contributed by atoms with Crippen molar-refractivity contribution in [1.82, 2.24) is 5.32 Å². The first-order chi connectivity index (χ1) is 9.97. The van der Waals surface area contributed by atoms with Crippen molar-refractivity contribution in [3.8, 4) is 0 Å². The molecule has 1 atom stereocenters. The summed E-state index contributed by atoms with van der Waals surface area (Å²) in [6.07, 6.45) is 0.354. The Labute approximate surface area is 130 Å². The van der Waals surface area contributed by atoms with Crippen molar-refractivity contribution >= 4 is 31.7 Å². The van der Waals surface area contributed by atoms with Gasteiger partial charge in [0.25, 0.3) is 5.91 Å². The van der Waals surface area contributed by atoms with Crippen LogP contribution >= 0.6 is 15.9 Å². The van der Waals surface area contributed by atoms with E-state index in [1.54, 1.807) is 36.4 Å². The second kappa shape index (κ2) is 5.31. The Morgan fingerprint density at radius 2 is 2.00 bits per heavy atom. The van der Waals surface area contributed by atoms with Gasteiger partial charge >= 0.3 is 0 Å². The number of nitrogens with one attached hydrogen (secondary N) is 1. The average molecular weight is 370 g/mol. The van der Waals surface area contributed by atoms with Crippen molar-refractivity contribution in [3.05, 3.63) is 52.4 Å². The van der Waals surface area contributed by atoms with Gasteiger partial charge in [0.15, 0.2) is 20.3 Å². The molecule has 21 heavy (non-hydrogen) atoms. The molecule has 0 radical (unpaired) electrons. The van der Waals surface area contributed by atoms with Crippen LogP contribution < -0.4 is 5.32 Å². The van der Waals surface area contributed by atoms with Crippen molar-refractivity contribution in [1.29, 1.82) is 0 Å². The van der Waals surface area contributed by atoms with Gasteiger partial charge in [-0.2, -0.15) is 0 Å². The van der Waals surface area contributed by atoms with E-state index in [9.17, 15) is 13.2 Å². The predicted octanol–water partition coefficient (Wildman–Crippen LogP) is 2.69. The molecule has 0 aliphatic carbocycles. The summed E-state index contributed by atoms with van der Waals surface area (Å²) in [5, 5.41) is 2.82. The molecule has 110 valence electrons. The summed E-state index contributed by atoms with van der Waals surface area (Å²) >= 11 is 3.14. The Morgan fingerprint density at radius 1 is 1.24 bits per heavy atom. The fourth-order valence-electron chi connectivity index (χ4n) is 2.41. The molecule has 1 aliphatic rings. The standard InChI is InChI=1S/C14H12BrNO4S/c15-13-6-5-11(20-13)14(17)16-10-7-8-21(18,19)12-4-2-1-3-9(10)12/h1-6,10H,7-8H2,(H,16,17). The molecular formula is C14H12BrNO4S. The molecule has 0 fully saturated rings. The molecular weight excluding hydrogens is 358 g/mol. The van der Waals surface area contributed by atoms with Crippen LogP contribution in [0.15, 0.2) is 50.4 Å². The zero-order valence-corrected chi connectivity index (χ0v) is 13.3. The normalized spacial score (nSPS) is 19.8. The minimum Gasteiger partial charge on any atom is -0.444 e. The molecule has 1 aromatic heterocycles. The molecule has 2 heterocycles. The summed E-state index contributed by atoms with van der Waals surface area (Å²) in [7, 11) is -3.25. The zero-order chi connectivity index (χ0) is 15.0. The number of carbonyl (C=O) groups is 1. The minimum atomic E-state index is -3.25. The number of furan rings is 1. The van der Waals surface area contributed by atoms with Gasteiger partial charge in [-0.3, -0.25) is 4.79 Å². The number of rotatable bonds is 2. The summed E-state index contributed by atoms with van der Waals surface area (Å²) in [5.41, 5.74) is 0.628. The Hall–Kier alpha value is -1.60. The van der Waals surface area contributed by atoms with E-state index < -0.39 is 9.84 Å². The molecule has 2 aromatic rings. The third kappa shape index (κ3) is 2.75. The molecule has 1 aliphatic heterocycles. The third-order valence-electron chi connectivity index (χ3n) is 3.41. The number of benzene rings is 1. The van der Waals surface area contributed by atoms with Gasteiger partial charge in [0.1, 0.15) is 0 Å². The summed E-state index contributed by atoms with van der Waals surface area (Å²) in [6.45, 7) is 0. The Morgan fingerprint density at radius 3 is 2.71 bits per heavy atom. The largest absolute Gasteiger partial charge is 0.444 e. The first kappa shape index (κ1) is 14.3. The maximum atomic E-state index is 12.1. The van der Waals surface area contributed by atoms with Crippen LogP contribution in [0.25, 0.3) is 0 Å². The first-order valence-corrected chi connectivity index (χ1v) is 8.80. The van der Waals surface area contributed by atoms with Gasteiger partial charge in [0.05, 0.1) is 16.7 Å². The zero-order valence-electron chi connectivity index (χ0n) is 10.9. The van der Waals surface area contributed by atoms with Gasteiger partial charge in [0.2, 0.25) is 0 Å². The van der Waals surface area contributed by atoms with Gasteiger partial charge < -0.3 is 9.73 Å². The number of fused-ring (bicyclic) bond motifs is 1. The monoisotopic (exact) mass is 369 g/mol. The van der Waals surface area contributed by atoms with Crippen molar-refractivity contribution in [2.45, 2.75) is 17.4 Å². The van der Waals surface area contributed by atoms with E-state index in [1.807, 2.05) is 0 Å². The average Bonchev–Trinajstić information content (AvgIpc) is 2.89. The van der Waals surface area contributed by atoms with Crippen LogP contribution in [-0.2, 0) is 9.84 Å². The SMILES string of the molecule is O=C(NC1CCS(=O)(=O)c2ccccc21)c1ccc(Br)o1. The van der Waals surface area contributed by atoms with Gasteiger partial charge in [-0.05, 0) is 46.1 Å². The molecule has 5 nitrogen and oxygen atoms in total. The maximum Gasteiger partial charge on any atom is 0.287 e. The molecule has 7 heteroatoms. The summed E-state index contributed by atoms with van der Waals surface area (Å²) in [5.74, 6) is -0.149. The minimum absolute atomic E-state index is 0.0246. The number of hydrogen-bond donors (Lipinski definition) is 1. The van der Waals surface area contributed by atoms with Crippen LogP contribution in [0, 0.1) is 0 Å². The summed E-state index contributed by atoms with van der Waals surface area (Å²) in [6, 6.07) is 9.62. The van der Waals surface area contributed by atoms with Crippen LogP contribution in [0.1, 0.15) is 28.6 Å². The van der Waals surface area contributed by atoms with Gasteiger partial charge in [0, 0.05) is 0 Å². The maximum absolute atomic E-state index is 12.1. The number of amides is 1. The van der Waals surface area contributed by atoms with Crippen LogP contribution in [0.4, 0.5) is 0 Å². The lowest BCUT2D eigenvalue weighted by Crippen LogP contribution is -2.33. The Bertz CT molecular complexity index is 797. The van der Waals surface area contributed by atoms with E-state index >= 15 is 0 Å². The lowest BCUT2D eigenvalue weighted by molar-refractivity contribution is 0.0905. The number of sulfone groups is 1. The van der Waals surface area contributed by atoms with Gasteiger partial charge in [-0.15, -0.1) is 0 Å². The summed E-state index contributed by atoms with van der Waals surface area (Å²) in [4.78, 5) is 12.4. The fourth-order valence-corrected chi connectivity index (χ4v) is 4.33. The molecule has 1 N–H and O–H groups in total. The smallest absolute Gasteiger partial charge is 0.287 e. The van der Waals surface area contributed by atoms with Crippen LogP contribution in [0.3, 0.4) is 0 Å². The summed E-state index contributed by atoms with van der Waals surface area (Å²) < 4.78 is 29.8. The number of halogens is 1. The highest BCUT2D eigenvalue weighted by Gasteiger charge is 2.31. The van der Waals surface area contributed by atoms with Crippen molar-refractivity contribution in [2.75, 3.05) is 5.75 Å². The Kier molecular flexibility index (Phi) is 3.62. The van der Waals surface area contributed by atoms with E-state index in [2.05, 4.69) is 21.2 Å². The molecule has 0 saturated carbocycles. The highest BCUT2D eigenvalue weighted by atomic mass is 79.9. The molecule has 1 aromatic carbocycles. The molecule has 0 bridgehead atoms. The predicted molar refractivity (Wildman–Crippen MR) is 79.7 cm³/mol. The van der Waals surface area contributed by atoms with E-state index in [0.29, 0.717) is 21.5 Å². The molecule has 1 unspecified atom stereocenters. The van der Waals surface area contributed by atoms with Gasteiger partial charge in [-0.1, -0.05) is 18.2 Å². The topological polar surface area (TPSA) is 76.4 Å². The van der Waals surface area contributed by atoms with Crippen molar-refractivity contribution in [3.63, 3.8) is 0 Å². The number of hydrogen-bond acceptors (Lipinski definition) is 4. The lowest BCUT2D eigenvalue weighted by atomic mass is 10.0. The van der Waals surface area contributed by atoms with Crippen LogP contribution in [0.5, 0.6) is 0 Å². The molecule has 0 spiro atoms. The Balaban J connectivity index is 1.89. The third-order valence-corrected chi connectivity index (χ3v) is 5.65. The van der Waals surface area contributed by atoms with Gasteiger partial charge in [-0.25, -0.2) is 8.42 Å². The van der Waals surface area contributed by atoms with Crippen LogP contribution in [-0.4, -0.2) is 20.1 Å². The quantitative estimate of drug-likeness (QED) is 0.882. The highest BCUT2D eigenvalue weighted by molar-refractivity contribution is 9.10. The van der Waals surface area contributed by atoms with Crippen molar-refractivity contribution < 1.29 is 17.6 Å². The lowest BCUT2D eigenvalue weighted by Gasteiger charge is -2.25. The van der Waals surface area contributed by atoms with E-state index in [1.165, 1.54) is 0 Å². The van der Waals surface area contributed by atoms with Crippen molar-refractivity contribution in [2.24, 2.45) is 0 Å². The first-order valence-electron chi connectivity index (χ1n) is 6.35. The molecule has 0 saturated heterocycles. The molecule has 1 amide bonds. The second-order valence-electron chi connectivity index (χ2n) is 4.78. The van der Waals surface area contributed by atoms with E-state index in [-0.39, 0.29) is 23.5 Å². The fraction of sp³-hybridized carbons (Fsp3) is 0.214. The van der Waals surface area contributed by atoms with Crippen LogP contribution in [0.2, 0.25) is 0 Å². The van der Waals surface area contributed by atoms with E-state index in [4.69, 9.17) is 4.42 Å². The number of carbonyl (C=O) groups excluding carboxylic acids is 1. The molecule has 3 rings (SSSR count).